The zero-order valence-corrected chi connectivity index (χ0v) is 16.2. The third-order valence-corrected chi connectivity index (χ3v) is 5.74. The molecule has 0 N–H and O–H groups in total. The van der Waals surface area contributed by atoms with Crippen LogP contribution in [0.4, 0.5) is 0 Å². The van der Waals surface area contributed by atoms with Crippen molar-refractivity contribution in [3.63, 3.8) is 0 Å². The van der Waals surface area contributed by atoms with Gasteiger partial charge in [-0.25, -0.2) is 0 Å². The zero-order chi connectivity index (χ0) is 17.8. The van der Waals surface area contributed by atoms with Gasteiger partial charge in [0.25, 0.3) is 0 Å². The minimum absolute atomic E-state index is 0.0747. The average Bonchev–Trinajstić information content (AvgIpc) is 2.62. The Kier molecular flexibility index (Phi) is 6.08. The number of hydrogen-bond donors (Lipinski definition) is 0. The number of ketones is 2. The van der Waals surface area contributed by atoms with Crippen LogP contribution in [0.15, 0.2) is 53.0 Å². The van der Waals surface area contributed by atoms with Crippen molar-refractivity contribution in [1.29, 1.82) is 0 Å². The minimum atomic E-state index is -0.0822. The lowest BCUT2D eigenvalue weighted by Gasteiger charge is -2.29. The van der Waals surface area contributed by atoms with Gasteiger partial charge in [0.1, 0.15) is 5.78 Å². The van der Waals surface area contributed by atoms with Crippen LogP contribution in [0.25, 0.3) is 0 Å². The Morgan fingerprint density at radius 3 is 2.40 bits per heavy atom. The Labute approximate surface area is 161 Å². The van der Waals surface area contributed by atoms with Crippen molar-refractivity contribution in [1.82, 2.24) is 0 Å². The van der Waals surface area contributed by atoms with E-state index >= 15 is 0 Å². The summed E-state index contributed by atoms with van der Waals surface area (Å²) in [6.45, 7) is 0. The first-order chi connectivity index (χ1) is 12.0. The highest BCUT2D eigenvalue weighted by atomic mass is 79.9. The van der Waals surface area contributed by atoms with Crippen LogP contribution in [0, 0.1) is 5.92 Å². The first kappa shape index (κ1) is 18.3. The van der Waals surface area contributed by atoms with E-state index < -0.39 is 0 Å². The van der Waals surface area contributed by atoms with E-state index in [0.717, 1.165) is 29.3 Å². The maximum atomic E-state index is 12.8. The van der Waals surface area contributed by atoms with Gasteiger partial charge < -0.3 is 0 Å². The number of hydrogen-bond acceptors (Lipinski definition) is 2. The predicted molar refractivity (Wildman–Crippen MR) is 104 cm³/mol. The van der Waals surface area contributed by atoms with Crippen LogP contribution in [0.3, 0.4) is 0 Å². The third kappa shape index (κ3) is 4.59. The predicted octanol–water partition coefficient (Wildman–Crippen LogP) is 6.22. The van der Waals surface area contributed by atoms with Gasteiger partial charge >= 0.3 is 0 Å². The Balaban J connectivity index is 1.87. The first-order valence-corrected chi connectivity index (χ1v) is 9.78. The number of Topliss-reactive ketones (excluding diaryl/α,β-unsaturated/α-hetero) is 2. The van der Waals surface area contributed by atoms with Gasteiger partial charge in [0.2, 0.25) is 0 Å². The Morgan fingerprint density at radius 1 is 1.08 bits per heavy atom. The molecule has 4 heteroatoms. The largest absolute Gasteiger partial charge is 0.299 e. The second-order valence-corrected chi connectivity index (χ2v) is 7.96. The molecule has 2 aromatic carbocycles. The summed E-state index contributed by atoms with van der Waals surface area (Å²) in [5.74, 6) is 0.205. The summed E-state index contributed by atoms with van der Waals surface area (Å²) in [6.07, 6.45) is 3.84. The van der Waals surface area contributed by atoms with Crippen molar-refractivity contribution in [2.24, 2.45) is 5.92 Å². The van der Waals surface area contributed by atoms with Gasteiger partial charge in [-0.1, -0.05) is 58.2 Å². The number of benzene rings is 2. The highest BCUT2D eigenvalue weighted by molar-refractivity contribution is 9.10. The summed E-state index contributed by atoms with van der Waals surface area (Å²) in [7, 11) is 0. The molecule has 1 aliphatic carbocycles. The van der Waals surface area contributed by atoms with Crippen LogP contribution in [-0.2, 0) is 4.79 Å². The topological polar surface area (TPSA) is 34.1 Å². The number of carbonyl (C=O) groups excluding carboxylic acids is 2. The summed E-state index contributed by atoms with van der Waals surface area (Å²) in [5.41, 5.74) is 1.71. The fraction of sp³-hybridized carbons (Fsp3) is 0.333. The number of rotatable bonds is 5. The van der Waals surface area contributed by atoms with Gasteiger partial charge in [-0.2, -0.15) is 0 Å². The second kappa shape index (κ2) is 8.29. The highest BCUT2D eigenvalue weighted by Gasteiger charge is 2.32. The van der Waals surface area contributed by atoms with Gasteiger partial charge in [-0.15, -0.1) is 0 Å². The minimum Gasteiger partial charge on any atom is -0.299 e. The second-order valence-electron chi connectivity index (χ2n) is 6.61. The maximum Gasteiger partial charge on any atom is 0.163 e. The van der Waals surface area contributed by atoms with E-state index in [1.807, 2.05) is 48.5 Å². The molecule has 0 aliphatic heterocycles. The molecule has 2 nitrogen and oxygen atoms in total. The normalized spacial score (nSPS) is 18.8. The third-order valence-electron chi connectivity index (χ3n) is 4.96. The molecular weight excluding hydrogens is 400 g/mol. The quantitative estimate of drug-likeness (QED) is 0.539. The monoisotopic (exact) mass is 418 g/mol. The molecule has 0 spiro atoms. The fourth-order valence-electron chi connectivity index (χ4n) is 3.59. The molecule has 0 unspecified atom stereocenters. The lowest BCUT2D eigenvalue weighted by atomic mass is 9.73. The van der Waals surface area contributed by atoms with Crippen molar-refractivity contribution < 1.29 is 9.59 Å². The summed E-state index contributed by atoms with van der Waals surface area (Å²) < 4.78 is 0.945. The molecule has 1 fully saturated rings. The van der Waals surface area contributed by atoms with Gasteiger partial charge in [0.05, 0.1) is 0 Å². The van der Waals surface area contributed by atoms with Crippen LogP contribution in [0.1, 0.15) is 53.9 Å². The lowest BCUT2D eigenvalue weighted by molar-refractivity contribution is -0.125. The highest BCUT2D eigenvalue weighted by Crippen LogP contribution is 2.37. The summed E-state index contributed by atoms with van der Waals surface area (Å²) in [5, 5.41) is 0.664. The van der Waals surface area contributed by atoms with Crippen molar-refractivity contribution in [2.75, 3.05) is 0 Å². The Bertz CT molecular complexity index is 752. The van der Waals surface area contributed by atoms with Crippen LogP contribution in [-0.4, -0.2) is 11.6 Å². The molecule has 1 aliphatic rings. The lowest BCUT2D eigenvalue weighted by Crippen LogP contribution is -2.27. The van der Waals surface area contributed by atoms with E-state index in [2.05, 4.69) is 15.9 Å². The van der Waals surface area contributed by atoms with E-state index in [4.69, 9.17) is 11.6 Å². The van der Waals surface area contributed by atoms with Crippen molar-refractivity contribution in [2.45, 2.75) is 38.0 Å². The van der Waals surface area contributed by atoms with Crippen LogP contribution >= 0.6 is 27.5 Å². The molecule has 0 bridgehead atoms. The average molecular weight is 420 g/mol. The zero-order valence-electron chi connectivity index (χ0n) is 13.9. The number of carbonyl (C=O) groups is 2. The fourth-order valence-corrected chi connectivity index (χ4v) is 3.98. The molecule has 0 heterocycles. The number of halogens is 2. The van der Waals surface area contributed by atoms with Crippen molar-refractivity contribution >= 4 is 39.1 Å². The molecule has 0 aromatic heterocycles. The standard InChI is InChI=1S/C21H20BrClO2/c22-16-9-5-15(6-10-16)21(25)13-19(14-7-11-17(23)12-8-14)18-3-1-2-4-20(18)24/h5-12,18-19H,1-4,13H2/t18-,19+/m1/s1. The Morgan fingerprint density at radius 2 is 1.76 bits per heavy atom. The van der Waals surface area contributed by atoms with Crippen LogP contribution in [0.5, 0.6) is 0 Å². The molecule has 0 radical (unpaired) electrons. The molecule has 2 aromatic rings. The van der Waals surface area contributed by atoms with Crippen molar-refractivity contribution in [3.05, 3.63) is 69.2 Å². The van der Waals surface area contributed by atoms with E-state index in [-0.39, 0.29) is 23.4 Å². The van der Waals surface area contributed by atoms with Crippen molar-refractivity contribution in [3.8, 4) is 0 Å². The molecule has 0 saturated heterocycles. The summed E-state index contributed by atoms with van der Waals surface area (Å²) in [6, 6.07) is 15.0. The SMILES string of the molecule is O=C(C[C@@H](c1ccc(Cl)cc1)[C@H]1CCCCC1=O)c1ccc(Br)cc1. The summed E-state index contributed by atoms with van der Waals surface area (Å²) in [4.78, 5) is 25.3. The van der Waals surface area contributed by atoms with E-state index in [1.165, 1.54) is 0 Å². The van der Waals surface area contributed by atoms with Gasteiger partial charge in [0, 0.05) is 39.7 Å². The molecule has 3 rings (SSSR count). The Hall–Kier alpha value is -1.45. The van der Waals surface area contributed by atoms with Gasteiger partial charge in [-0.05, 0) is 42.7 Å². The smallest absolute Gasteiger partial charge is 0.163 e. The first-order valence-electron chi connectivity index (χ1n) is 8.61. The molecular formula is C21H20BrClO2. The maximum absolute atomic E-state index is 12.8. The molecule has 1 saturated carbocycles. The molecule has 130 valence electrons. The van der Waals surface area contributed by atoms with Gasteiger partial charge in [0.15, 0.2) is 5.78 Å². The van der Waals surface area contributed by atoms with E-state index in [0.29, 0.717) is 23.4 Å². The van der Waals surface area contributed by atoms with E-state index in [9.17, 15) is 9.59 Å². The van der Waals surface area contributed by atoms with Crippen LogP contribution < -0.4 is 0 Å². The molecule has 25 heavy (non-hydrogen) atoms. The van der Waals surface area contributed by atoms with E-state index in [1.54, 1.807) is 0 Å². The molecule has 0 amide bonds. The van der Waals surface area contributed by atoms with Gasteiger partial charge in [-0.3, -0.25) is 9.59 Å². The molecule has 2 atom stereocenters. The summed E-state index contributed by atoms with van der Waals surface area (Å²) >= 11 is 9.40. The van der Waals surface area contributed by atoms with Crippen LogP contribution in [0.2, 0.25) is 5.02 Å².